The molecule has 2 rings (SSSR count). The lowest BCUT2D eigenvalue weighted by molar-refractivity contribution is 0.0618. The van der Waals surface area contributed by atoms with Gasteiger partial charge in [-0.15, -0.1) is 0 Å². The van der Waals surface area contributed by atoms with Crippen molar-refractivity contribution in [2.45, 2.75) is 25.9 Å². The number of nitrogens with one attached hydrogen (secondary N) is 1. The first-order valence-electron chi connectivity index (χ1n) is 7.47. The van der Waals surface area contributed by atoms with Gasteiger partial charge in [0.05, 0.1) is 4.47 Å². The van der Waals surface area contributed by atoms with Crippen LogP contribution >= 0.6 is 15.9 Å². The molecule has 21 heavy (non-hydrogen) atoms. The molecular weight excluding hydrogens is 333 g/mol. The van der Waals surface area contributed by atoms with Gasteiger partial charge >= 0.3 is 0 Å². The largest absolute Gasteiger partial charge is 0.311 e. The summed E-state index contributed by atoms with van der Waals surface area (Å²) in [4.78, 5) is 4.91. The molecule has 5 heteroatoms. The first-order chi connectivity index (χ1) is 9.88. The highest BCUT2D eigenvalue weighted by atomic mass is 79.9. The van der Waals surface area contributed by atoms with Crippen LogP contribution in [0.25, 0.3) is 0 Å². The number of nitrogens with zero attached hydrogens (tertiary/aromatic N) is 2. The van der Waals surface area contributed by atoms with E-state index in [0.29, 0.717) is 4.47 Å². The van der Waals surface area contributed by atoms with E-state index in [1.807, 2.05) is 12.1 Å². The van der Waals surface area contributed by atoms with Gasteiger partial charge in [-0.2, -0.15) is 0 Å². The average molecular weight is 358 g/mol. The van der Waals surface area contributed by atoms with E-state index in [1.54, 1.807) is 0 Å². The fraction of sp³-hybridized carbons (Fsp3) is 0.625. The maximum atomic E-state index is 13.2. The highest BCUT2D eigenvalue weighted by Crippen LogP contribution is 2.18. The molecule has 1 aromatic carbocycles. The Morgan fingerprint density at radius 1 is 1.24 bits per heavy atom. The summed E-state index contributed by atoms with van der Waals surface area (Å²) in [7, 11) is 2.18. The SMILES string of the molecule is CN1CCN(C(C)(C)CNCc2ccc(F)c(Br)c2)CC1. The van der Waals surface area contributed by atoms with Crippen molar-refractivity contribution in [3.05, 3.63) is 34.1 Å². The van der Waals surface area contributed by atoms with Crippen LogP contribution in [0.5, 0.6) is 0 Å². The predicted molar refractivity (Wildman–Crippen MR) is 89.0 cm³/mol. The van der Waals surface area contributed by atoms with E-state index >= 15 is 0 Å². The van der Waals surface area contributed by atoms with Crippen molar-refractivity contribution in [3.63, 3.8) is 0 Å². The maximum Gasteiger partial charge on any atom is 0.137 e. The van der Waals surface area contributed by atoms with E-state index in [1.165, 1.54) is 6.07 Å². The molecule has 0 unspecified atom stereocenters. The molecule has 1 aliphatic rings. The third kappa shape index (κ3) is 4.74. The van der Waals surface area contributed by atoms with Crippen LogP contribution in [0.4, 0.5) is 4.39 Å². The van der Waals surface area contributed by atoms with Crippen molar-refractivity contribution in [1.29, 1.82) is 0 Å². The van der Waals surface area contributed by atoms with Crippen LogP contribution in [0.15, 0.2) is 22.7 Å². The van der Waals surface area contributed by atoms with Crippen LogP contribution < -0.4 is 5.32 Å². The van der Waals surface area contributed by atoms with E-state index in [9.17, 15) is 4.39 Å². The van der Waals surface area contributed by atoms with Crippen molar-refractivity contribution in [3.8, 4) is 0 Å². The van der Waals surface area contributed by atoms with Gasteiger partial charge < -0.3 is 10.2 Å². The van der Waals surface area contributed by atoms with Gasteiger partial charge in [0.15, 0.2) is 0 Å². The van der Waals surface area contributed by atoms with Crippen molar-refractivity contribution >= 4 is 15.9 Å². The topological polar surface area (TPSA) is 18.5 Å². The van der Waals surface area contributed by atoms with Gasteiger partial charge in [0.2, 0.25) is 0 Å². The summed E-state index contributed by atoms with van der Waals surface area (Å²) in [5.74, 6) is -0.212. The highest BCUT2D eigenvalue weighted by Gasteiger charge is 2.28. The normalized spacial score (nSPS) is 18.1. The highest BCUT2D eigenvalue weighted by molar-refractivity contribution is 9.10. The minimum Gasteiger partial charge on any atom is -0.311 e. The molecule has 0 amide bonds. The van der Waals surface area contributed by atoms with E-state index < -0.39 is 0 Å². The van der Waals surface area contributed by atoms with Crippen molar-refractivity contribution in [2.24, 2.45) is 0 Å². The average Bonchev–Trinajstić information content (AvgIpc) is 2.43. The number of hydrogen-bond donors (Lipinski definition) is 1. The molecule has 0 saturated carbocycles. The Balaban J connectivity index is 1.82. The zero-order chi connectivity index (χ0) is 15.5. The Hall–Kier alpha value is -0.490. The van der Waals surface area contributed by atoms with Crippen LogP contribution in [-0.2, 0) is 6.54 Å². The quantitative estimate of drug-likeness (QED) is 0.873. The predicted octanol–water partition coefficient (Wildman–Crippen LogP) is 2.70. The summed E-state index contributed by atoms with van der Waals surface area (Å²) in [6.07, 6.45) is 0. The smallest absolute Gasteiger partial charge is 0.137 e. The van der Waals surface area contributed by atoms with Gasteiger partial charge in [-0.1, -0.05) is 6.07 Å². The third-order valence-electron chi connectivity index (χ3n) is 4.23. The lowest BCUT2D eigenvalue weighted by atomic mass is 10.0. The number of rotatable bonds is 5. The molecule has 0 radical (unpaired) electrons. The summed E-state index contributed by atoms with van der Waals surface area (Å²) in [6, 6.07) is 5.17. The summed E-state index contributed by atoms with van der Waals surface area (Å²) in [5.41, 5.74) is 1.23. The van der Waals surface area contributed by atoms with Crippen molar-refractivity contribution in [1.82, 2.24) is 15.1 Å². The molecular formula is C16H25BrFN3. The number of benzene rings is 1. The van der Waals surface area contributed by atoms with Gasteiger partial charge in [0.1, 0.15) is 5.82 Å². The summed E-state index contributed by atoms with van der Waals surface area (Å²) in [5, 5.41) is 3.50. The number of halogens is 2. The zero-order valence-electron chi connectivity index (χ0n) is 13.1. The van der Waals surface area contributed by atoms with E-state index in [2.05, 4.69) is 51.9 Å². The van der Waals surface area contributed by atoms with Crippen molar-refractivity contribution < 1.29 is 4.39 Å². The molecule has 0 aromatic heterocycles. The lowest BCUT2D eigenvalue weighted by Gasteiger charge is -2.43. The van der Waals surface area contributed by atoms with Crippen LogP contribution in [-0.4, -0.2) is 55.1 Å². The Kier molecular flexibility index (Phi) is 5.77. The van der Waals surface area contributed by atoms with Crippen LogP contribution in [0.2, 0.25) is 0 Å². The second-order valence-electron chi connectivity index (χ2n) is 6.45. The first kappa shape index (κ1) is 16.9. The van der Waals surface area contributed by atoms with Gasteiger partial charge in [-0.3, -0.25) is 4.90 Å². The standard InChI is InChI=1S/C16H25BrFN3/c1-16(2,21-8-6-20(3)7-9-21)12-19-11-13-4-5-15(18)14(17)10-13/h4-5,10,19H,6-9,11-12H2,1-3H3. The molecule has 1 aliphatic heterocycles. The number of piperazine rings is 1. The Labute approximate surface area is 135 Å². The second-order valence-corrected chi connectivity index (χ2v) is 7.31. The number of hydrogen-bond acceptors (Lipinski definition) is 3. The molecule has 1 heterocycles. The van der Waals surface area contributed by atoms with Crippen LogP contribution in [0.1, 0.15) is 19.4 Å². The fourth-order valence-corrected chi connectivity index (χ4v) is 3.11. The monoisotopic (exact) mass is 357 g/mol. The van der Waals surface area contributed by atoms with Crippen LogP contribution in [0, 0.1) is 5.82 Å². The molecule has 1 aromatic rings. The first-order valence-corrected chi connectivity index (χ1v) is 8.26. The van der Waals surface area contributed by atoms with Crippen LogP contribution in [0.3, 0.4) is 0 Å². The fourth-order valence-electron chi connectivity index (χ4n) is 2.69. The maximum absolute atomic E-state index is 13.2. The third-order valence-corrected chi connectivity index (χ3v) is 4.84. The number of likely N-dealkylation sites (N-methyl/N-ethyl adjacent to an activating group) is 1. The molecule has 1 N–H and O–H groups in total. The van der Waals surface area contributed by atoms with Gasteiger partial charge in [0.25, 0.3) is 0 Å². The summed E-state index contributed by atoms with van der Waals surface area (Å²) >= 11 is 3.23. The van der Waals surface area contributed by atoms with E-state index in [0.717, 1.165) is 44.8 Å². The summed E-state index contributed by atoms with van der Waals surface area (Å²) in [6.45, 7) is 10.8. The zero-order valence-corrected chi connectivity index (χ0v) is 14.7. The Morgan fingerprint density at radius 3 is 2.52 bits per heavy atom. The Morgan fingerprint density at radius 2 is 1.90 bits per heavy atom. The molecule has 0 spiro atoms. The minimum absolute atomic E-state index is 0.137. The molecule has 118 valence electrons. The minimum atomic E-state index is -0.212. The molecule has 1 fully saturated rings. The molecule has 3 nitrogen and oxygen atoms in total. The van der Waals surface area contributed by atoms with E-state index in [4.69, 9.17) is 0 Å². The molecule has 0 bridgehead atoms. The van der Waals surface area contributed by atoms with Gasteiger partial charge in [0, 0.05) is 44.8 Å². The molecule has 0 aliphatic carbocycles. The van der Waals surface area contributed by atoms with E-state index in [-0.39, 0.29) is 11.4 Å². The van der Waals surface area contributed by atoms with Crippen molar-refractivity contribution in [2.75, 3.05) is 39.8 Å². The van der Waals surface area contributed by atoms with Gasteiger partial charge in [-0.05, 0) is 54.5 Å². The summed E-state index contributed by atoms with van der Waals surface area (Å²) < 4.78 is 13.7. The lowest BCUT2D eigenvalue weighted by Crippen LogP contribution is -2.57. The second kappa shape index (κ2) is 7.18. The van der Waals surface area contributed by atoms with Gasteiger partial charge in [-0.25, -0.2) is 4.39 Å². The molecule has 0 atom stereocenters. The Bertz CT molecular complexity index is 471. The molecule has 1 saturated heterocycles.